The maximum atomic E-state index is 11.7. The molecule has 0 fully saturated rings. The number of ketones is 1. The number of hydrogen-bond acceptors (Lipinski definition) is 3. The van der Waals surface area contributed by atoms with Crippen LogP contribution in [0.1, 0.15) is 71.1 Å². The quantitative estimate of drug-likeness (QED) is 0.375. The van der Waals surface area contributed by atoms with Crippen LogP contribution in [0, 0.1) is 0 Å². The lowest BCUT2D eigenvalue weighted by molar-refractivity contribution is -0.137. The highest BCUT2D eigenvalue weighted by Gasteiger charge is 2.12. The van der Waals surface area contributed by atoms with E-state index in [2.05, 4.69) is 19.1 Å². The summed E-state index contributed by atoms with van der Waals surface area (Å²) in [4.78, 5) is 22.0. The van der Waals surface area contributed by atoms with Crippen molar-refractivity contribution in [1.82, 2.24) is 0 Å². The molecule has 0 spiro atoms. The van der Waals surface area contributed by atoms with E-state index in [4.69, 9.17) is 5.11 Å². The summed E-state index contributed by atoms with van der Waals surface area (Å²) in [6.07, 6.45) is 14.2. The van der Waals surface area contributed by atoms with E-state index < -0.39 is 12.1 Å². The third-order valence-electron chi connectivity index (χ3n) is 3.40. The number of allylic oxidation sites excluding steroid dienone is 4. The Bertz CT molecular complexity index is 358. The highest BCUT2D eigenvalue weighted by atomic mass is 16.6. The van der Waals surface area contributed by atoms with E-state index >= 15 is 0 Å². The summed E-state index contributed by atoms with van der Waals surface area (Å²) in [5.74, 6) is -0.874. The van der Waals surface area contributed by atoms with Crippen LogP contribution in [0.2, 0.25) is 0 Å². The van der Waals surface area contributed by atoms with Crippen molar-refractivity contribution in [3.05, 3.63) is 24.3 Å². The second-order valence-electron chi connectivity index (χ2n) is 5.47. The topological polar surface area (TPSA) is 74.6 Å². The lowest BCUT2D eigenvalue weighted by Crippen LogP contribution is -2.19. The van der Waals surface area contributed by atoms with E-state index in [-0.39, 0.29) is 12.2 Å². The van der Waals surface area contributed by atoms with E-state index in [0.29, 0.717) is 19.3 Å². The number of hydrogen-bond donors (Lipinski definition) is 2. The number of carbonyl (C=O) groups excluding carboxylic acids is 1. The maximum Gasteiger partial charge on any atom is 0.303 e. The Hall–Kier alpha value is -1.42. The first-order valence-corrected chi connectivity index (χ1v) is 8.30. The fraction of sp³-hybridized carbons (Fsp3) is 0.667. The molecule has 22 heavy (non-hydrogen) atoms. The third-order valence-corrected chi connectivity index (χ3v) is 3.40. The lowest BCUT2D eigenvalue weighted by Gasteiger charge is -2.07. The summed E-state index contributed by atoms with van der Waals surface area (Å²) in [5, 5.41) is 18.3. The van der Waals surface area contributed by atoms with Gasteiger partial charge in [-0.15, -0.1) is 0 Å². The molecule has 0 aliphatic heterocycles. The Kier molecular flexibility index (Phi) is 13.6. The molecule has 0 rings (SSSR count). The number of aliphatic hydroxyl groups excluding tert-OH is 1. The van der Waals surface area contributed by atoms with Crippen molar-refractivity contribution < 1.29 is 19.8 Å². The molecule has 4 heteroatoms. The minimum atomic E-state index is -0.866. The number of carboxylic acids is 1. The Balaban J connectivity index is 3.57. The second-order valence-corrected chi connectivity index (χ2v) is 5.47. The number of aliphatic carboxylic acids is 1. The molecule has 0 heterocycles. The van der Waals surface area contributed by atoms with Crippen LogP contribution < -0.4 is 0 Å². The van der Waals surface area contributed by atoms with Gasteiger partial charge in [0.1, 0.15) is 6.10 Å². The number of carbonyl (C=O) groups is 2. The summed E-state index contributed by atoms with van der Waals surface area (Å²) in [6, 6.07) is 0. The number of unbranched alkanes of at least 4 members (excludes halogenated alkanes) is 4. The number of rotatable bonds is 14. The smallest absolute Gasteiger partial charge is 0.303 e. The number of aliphatic hydroxyl groups is 1. The fourth-order valence-electron chi connectivity index (χ4n) is 2.08. The molecule has 0 saturated heterocycles. The van der Waals surface area contributed by atoms with Gasteiger partial charge in [-0.25, -0.2) is 0 Å². The van der Waals surface area contributed by atoms with Crippen LogP contribution in [0.3, 0.4) is 0 Å². The number of carboxylic acid groups (broad SMARTS) is 1. The first kappa shape index (κ1) is 20.6. The minimum Gasteiger partial charge on any atom is -0.481 e. The predicted octanol–water partition coefficient (Wildman–Crippen LogP) is 4.03. The monoisotopic (exact) mass is 312 g/mol. The van der Waals surface area contributed by atoms with Gasteiger partial charge in [0.05, 0.1) is 0 Å². The molecule has 0 aromatic carbocycles. The van der Waals surface area contributed by atoms with Crippen molar-refractivity contribution in [2.45, 2.75) is 77.2 Å². The normalized spacial score (nSPS) is 13.0. The second kappa shape index (κ2) is 14.5. The predicted molar refractivity (Wildman–Crippen MR) is 88.8 cm³/mol. The van der Waals surface area contributed by atoms with Gasteiger partial charge in [-0.2, -0.15) is 0 Å². The third kappa shape index (κ3) is 13.6. The molecule has 0 aromatic rings. The Morgan fingerprint density at radius 2 is 1.68 bits per heavy atom. The molecule has 1 atom stereocenters. The van der Waals surface area contributed by atoms with Crippen LogP contribution in [0.4, 0.5) is 0 Å². The summed E-state index contributed by atoms with van der Waals surface area (Å²) in [6.45, 7) is 2.08. The molecule has 0 bridgehead atoms. The van der Waals surface area contributed by atoms with Gasteiger partial charge in [0.2, 0.25) is 0 Å². The molecule has 0 amide bonds. The van der Waals surface area contributed by atoms with Gasteiger partial charge >= 0.3 is 5.97 Å². The molecule has 0 saturated carbocycles. The minimum absolute atomic E-state index is 0.124. The van der Waals surface area contributed by atoms with Gasteiger partial charge in [-0.3, -0.25) is 9.59 Å². The lowest BCUT2D eigenvalue weighted by atomic mass is 10.0. The summed E-state index contributed by atoms with van der Waals surface area (Å²) < 4.78 is 0. The number of Topliss-reactive ketones (excluding diaryl/α,β-unsaturated/α-hetero) is 1. The zero-order chi connectivity index (χ0) is 16.6. The summed E-state index contributed by atoms with van der Waals surface area (Å²) >= 11 is 0. The fourth-order valence-corrected chi connectivity index (χ4v) is 2.08. The molecule has 0 aliphatic rings. The van der Waals surface area contributed by atoms with Crippen LogP contribution in [-0.2, 0) is 9.59 Å². The summed E-state index contributed by atoms with van der Waals surface area (Å²) in [5.41, 5.74) is 0. The Labute approximate surface area is 133 Å². The van der Waals surface area contributed by atoms with Gasteiger partial charge in [0, 0.05) is 12.8 Å². The maximum absolute atomic E-state index is 11.7. The molecule has 4 nitrogen and oxygen atoms in total. The largest absolute Gasteiger partial charge is 0.481 e. The Morgan fingerprint density at radius 1 is 1.05 bits per heavy atom. The van der Waals surface area contributed by atoms with Crippen molar-refractivity contribution in [2.24, 2.45) is 0 Å². The van der Waals surface area contributed by atoms with Crippen LogP contribution in [-0.4, -0.2) is 28.1 Å². The summed E-state index contributed by atoms with van der Waals surface area (Å²) in [7, 11) is 0. The van der Waals surface area contributed by atoms with Crippen molar-refractivity contribution in [3.63, 3.8) is 0 Å². The first-order chi connectivity index (χ1) is 10.6. The SMILES string of the molecule is CC/C=C\C/C=C\CC(=O)C(O)CCCCCCC[14C](=O)O. The molecule has 0 aliphatic carbocycles. The van der Waals surface area contributed by atoms with Crippen molar-refractivity contribution >= 4 is 11.8 Å². The molecule has 1 unspecified atom stereocenters. The van der Waals surface area contributed by atoms with Crippen molar-refractivity contribution in [1.29, 1.82) is 0 Å². The molecular weight excluding hydrogens is 282 g/mol. The van der Waals surface area contributed by atoms with Gasteiger partial charge < -0.3 is 10.2 Å². The Morgan fingerprint density at radius 3 is 2.36 bits per heavy atom. The van der Waals surface area contributed by atoms with Crippen LogP contribution in [0.15, 0.2) is 24.3 Å². The zero-order valence-corrected chi connectivity index (χ0v) is 13.7. The van der Waals surface area contributed by atoms with Crippen molar-refractivity contribution in [3.8, 4) is 0 Å². The molecule has 0 radical (unpaired) electrons. The standard InChI is InChI=1S/C18H30O4/c1-2-3-4-5-7-10-13-16(19)17(20)14-11-8-6-9-12-15-18(21)22/h3-4,7,10,17,20H,2,5-6,8-9,11-15H2,1H3,(H,21,22)/b4-3-,10-7-/i18+2. The van der Waals surface area contributed by atoms with E-state index in [1.807, 2.05) is 12.2 Å². The van der Waals surface area contributed by atoms with Crippen LogP contribution in [0.5, 0.6) is 0 Å². The van der Waals surface area contributed by atoms with Crippen LogP contribution >= 0.6 is 0 Å². The highest BCUT2D eigenvalue weighted by molar-refractivity contribution is 5.84. The zero-order valence-electron chi connectivity index (χ0n) is 13.7. The van der Waals surface area contributed by atoms with Gasteiger partial charge in [-0.05, 0) is 25.7 Å². The van der Waals surface area contributed by atoms with Gasteiger partial charge in [-0.1, -0.05) is 56.9 Å². The molecule has 126 valence electrons. The highest BCUT2D eigenvalue weighted by Crippen LogP contribution is 2.10. The van der Waals surface area contributed by atoms with Crippen molar-refractivity contribution in [2.75, 3.05) is 0 Å². The van der Waals surface area contributed by atoms with E-state index in [9.17, 15) is 14.7 Å². The first-order valence-electron chi connectivity index (χ1n) is 8.30. The molecular formula is C18H30O4. The van der Waals surface area contributed by atoms with Crippen LogP contribution in [0.25, 0.3) is 0 Å². The van der Waals surface area contributed by atoms with Gasteiger partial charge in [0.15, 0.2) is 5.78 Å². The average Bonchev–Trinajstić information content (AvgIpc) is 2.49. The molecule has 2 N–H and O–H groups in total. The van der Waals surface area contributed by atoms with E-state index in [0.717, 1.165) is 38.5 Å². The average molecular weight is 312 g/mol. The molecule has 0 aromatic heterocycles. The van der Waals surface area contributed by atoms with E-state index in [1.165, 1.54) is 0 Å². The van der Waals surface area contributed by atoms with Gasteiger partial charge in [0.25, 0.3) is 0 Å². The van der Waals surface area contributed by atoms with E-state index in [1.54, 1.807) is 0 Å².